The summed E-state index contributed by atoms with van der Waals surface area (Å²) in [6.45, 7) is 9.39. The van der Waals surface area contributed by atoms with E-state index in [1.807, 2.05) is 24.5 Å². The fourth-order valence-corrected chi connectivity index (χ4v) is 3.90. The first-order valence-electron chi connectivity index (χ1n) is 10.1. The van der Waals surface area contributed by atoms with Crippen LogP contribution in [-0.2, 0) is 10.8 Å². The van der Waals surface area contributed by atoms with Gasteiger partial charge in [-0.15, -0.1) is 0 Å². The molecular weight excluding hydrogens is 340 g/mol. The smallest absolute Gasteiger partial charge is 0.0704 e. The number of aromatic nitrogens is 2. The fourth-order valence-electron chi connectivity index (χ4n) is 3.90. The highest BCUT2D eigenvalue weighted by atomic mass is 14.6. The number of benzene rings is 2. The number of fused-ring (bicyclic) bond motifs is 2. The van der Waals surface area contributed by atoms with Gasteiger partial charge in [0.1, 0.15) is 0 Å². The van der Waals surface area contributed by atoms with Crippen LogP contribution in [0.5, 0.6) is 0 Å². The molecular formula is C26H28N2. The zero-order valence-electron chi connectivity index (χ0n) is 17.2. The summed E-state index contributed by atoms with van der Waals surface area (Å²) in [5.41, 5.74) is 5.08. The molecule has 0 aliphatic rings. The number of pyridine rings is 2. The van der Waals surface area contributed by atoms with E-state index in [1.165, 1.54) is 21.9 Å². The van der Waals surface area contributed by atoms with Crippen molar-refractivity contribution in [3.63, 3.8) is 0 Å². The molecule has 2 aromatic heterocycles. The zero-order valence-corrected chi connectivity index (χ0v) is 17.2. The molecule has 142 valence electrons. The van der Waals surface area contributed by atoms with Crippen molar-refractivity contribution in [1.82, 2.24) is 9.97 Å². The Morgan fingerprint density at radius 1 is 0.607 bits per heavy atom. The van der Waals surface area contributed by atoms with Gasteiger partial charge in [-0.05, 0) is 65.1 Å². The van der Waals surface area contributed by atoms with Crippen LogP contribution in [0.3, 0.4) is 0 Å². The summed E-state index contributed by atoms with van der Waals surface area (Å²) in [7, 11) is 0. The lowest BCUT2D eigenvalue weighted by Crippen LogP contribution is -2.24. The van der Waals surface area contributed by atoms with Crippen molar-refractivity contribution in [3.8, 4) is 0 Å². The number of hydrogen-bond donors (Lipinski definition) is 0. The van der Waals surface area contributed by atoms with E-state index in [4.69, 9.17) is 0 Å². The van der Waals surface area contributed by atoms with Gasteiger partial charge in [0, 0.05) is 23.2 Å². The molecule has 2 heterocycles. The van der Waals surface area contributed by atoms with Gasteiger partial charge in [0.05, 0.1) is 11.0 Å². The Morgan fingerprint density at radius 2 is 1.18 bits per heavy atom. The van der Waals surface area contributed by atoms with Crippen LogP contribution in [0.1, 0.15) is 51.7 Å². The van der Waals surface area contributed by atoms with Crippen molar-refractivity contribution in [3.05, 3.63) is 84.2 Å². The second kappa shape index (κ2) is 7.01. The second-order valence-corrected chi connectivity index (χ2v) is 9.09. The lowest BCUT2D eigenvalue weighted by Gasteiger charge is -2.32. The minimum absolute atomic E-state index is 0.0986. The first-order chi connectivity index (χ1) is 13.4. The third-order valence-electron chi connectivity index (χ3n) is 6.15. The van der Waals surface area contributed by atoms with Crippen molar-refractivity contribution < 1.29 is 0 Å². The van der Waals surface area contributed by atoms with Crippen molar-refractivity contribution in [2.24, 2.45) is 0 Å². The van der Waals surface area contributed by atoms with Gasteiger partial charge in [-0.2, -0.15) is 0 Å². The standard InChI is InChI=1S/C26H28N2/c1-25(2,21-11-12-23-20(17-21)8-6-15-27-23)13-14-26(3,4)22-10-9-19-7-5-16-28-24(19)18-22/h5-12,15-18H,13-14H2,1-4H3. The summed E-state index contributed by atoms with van der Waals surface area (Å²) in [6.07, 6.45) is 5.96. The molecule has 0 atom stereocenters. The van der Waals surface area contributed by atoms with Crippen LogP contribution in [0.2, 0.25) is 0 Å². The average molecular weight is 369 g/mol. The van der Waals surface area contributed by atoms with E-state index < -0.39 is 0 Å². The summed E-state index contributed by atoms with van der Waals surface area (Å²) in [6, 6.07) is 21.7. The van der Waals surface area contributed by atoms with Crippen LogP contribution in [0, 0.1) is 0 Å². The quantitative estimate of drug-likeness (QED) is 0.386. The predicted octanol–water partition coefficient (Wildman–Crippen LogP) is 6.82. The largest absolute Gasteiger partial charge is 0.256 e. The van der Waals surface area contributed by atoms with E-state index >= 15 is 0 Å². The van der Waals surface area contributed by atoms with E-state index in [1.54, 1.807) is 0 Å². The molecule has 0 fully saturated rings. The number of nitrogens with zero attached hydrogens (tertiary/aromatic N) is 2. The molecule has 0 unspecified atom stereocenters. The molecule has 0 spiro atoms. The van der Waals surface area contributed by atoms with Gasteiger partial charge in [-0.1, -0.05) is 58.0 Å². The molecule has 4 aromatic rings. The Morgan fingerprint density at radius 3 is 1.89 bits per heavy atom. The van der Waals surface area contributed by atoms with Crippen molar-refractivity contribution in [2.75, 3.05) is 0 Å². The van der Waals surface area contributed by atoms with Crippen molar-refractivity contribution in [2.45, 2.75) is 51.4 Å². The van der Waals surface area contributed by atoms with Gasteiger partial charge >= 0.3 is 0 Å². The number of rotatable bonds is 5. The Bertz CT molecular complexity index is 1030. The second-order valence-electron chi connectivity index (χ2n) is 9.09. The first kappa shape index (κ1) is 18.6. The molecule has 0 amide bonds. The fraction of sp³-hybridized carbons (Fsp3) is 0.308. The molecule has 4 rings (SSSR count). The van der Waals surface area contributed by atoms with Crippen LogP contribution >= 0.6 is 0 Å². The van der Waals surface area contributed by atoms with Crippen LogP contribution < -0.4 is 0 Å². The van der Waals surface area contributed by atoms with Crippen molar-refractivity contribution >= 4 is 21.8 Å². The molecule has 0 N–H and O–H groups in total. The predicted molar refractivity (Wildman–Crippen MR) is 119 cm³/mol. The Hall–Kier alpha value is -2.74. The lowest BCUT2D eigenvalue weighted by atomic mass is 9.72. The monoisotopic (exact) mass is 368 g/mol. The Labute approximate surface area is 167 Å². The minimum atomic E-state index is 0.0986. The highest BCUT2D eigenvalue weighted by molar-refractivity contribution is 5.80. The van der Waals surface area contributed by atoms with E-state index in [0.717, 1.165) is 23.9 Å². The summed E-state index contributed by atoms with van der Waals surface area (Å²) in [5, 5.41) is 2.42. The average Bonchev–Trinajstić information content (AvgIpc) is 2.72. The maximum absolute atomic E-state index is 4.53. The van der Waals surface area contributed by atoms with Gasteiger partial charge in [-0.3, -0.25) is 9.97 Å². The van der Waals surface area contributed by atoms with Crippen LogP contribution in [0.25, 0.3) is 21.8 Å². The summed E-state index contributed by atoms with van der Waals surface area (Å²) in [4.78, 5) is 8.98. The zero-order chi connectivity index (χ0) is 19.8. The van der Waals surface area contributed by atoms with Gasteiger partial charge in [0.15, 0.2) is 0 Å². The molecule has 2 aromatic carbocycles. The summed E-state index contributed by atoms with van der Waals surface area (Å²) < 4.78 is 0. The summed E-state index contributed by atoms with van der Waals surface area (Å²) >= 11 is 0. The maximum atomic E-state index is 4.53. The molecule has 0 aliphatic heterocycles. The lowest BCUT2D eigenvalue weighted by molar-refractivity contribution is 0.375. The molecule has 0 saturated heterocycles. The summed E-state index contributed by atoms with van der Waals surface area (Å²) in [5.74, 6) is 0. The molecule has 2 heteroatoms. The van der Waals surface area contributed by atoms with Gasteiger partial charge in [0.25, 0.3) is 0 Å². The van der Waals surface area contributed by atoms with Crippen LogP contribution in [0.15, 0.2) is 73.1 Å². The molecule has 0 radical (unpaired) electrons. The number of hydrogen-bond acceptors (Lipinski definition) is 2. The van der Waals surface area contributed by atoms with Gasteiger partial charge in [-0.25, -0.2) is 0 Å². The molecule has 0 saturated carbocycles. The molecule has 0 bridgehead atoms. The highest BCUT2D eigenvalue weighted by Gasteiger charge is 2.27. The topological polar surface area (TPSA) is 25.8 Å². The normalized spacial score (nSPS) is 12.6. The minimum Gasteiger partial charge on any atom is -0.256 e. The molecule has 2 nitrogen and oxygen atoms in total. The highest BCUT2D eigenvalue weighted by Crippen LogP contribution is 2.37. The van der Waals surface area contributed by atoms with E-state index in [0.29, 0.717) is 0 Å². The molecule has 28 heavy (non-hydrogen) atoms. The third-order valence-corrected chi connectivity index (χ3v) is 6.15. The maximum Gasteiger partial charge on any atom is 0.0704 e. The van der Waals surface area contributed by atoms with Crippen LogP contribution in [-0.4, -0.2) is 9.97 Å². The van der Waals surface area contributed by atoms with Crippen molar-refractivity contribution in [1.29, 1.82) is 0 Å². The van der Waals surface area contributed by atoms with Crippen LogP contribution in [0.4, 0.5) is 0 Å². The van der Waals surface area contributed by atoms with Gasteiger partial charge in [0.2, 0.25) is 0 Å². The SMILES string of the molecule is CC(C)(CCC(C)(C)c1ccc2cccnc2c1)c1ccc2ncccc2c1. The Kier molecular flexibility index (Phi) is 4.66. The van der Waals surface area contributed by atoms with E-state index in [-0.39, 0.29) is 10.8 Å². The van der Waals surface area contributed by atoms with Gasteiger partial charge < -0.3 is 0 Å². The molecule has 0 aliphatic carbocycles. The Balaban J connectivity index is 1.56. The van der Waals surface area contributed by atoms with E-state index in [9.17, 15) is 0 Å². The van der Waals surface area contributed by atoms with E-state index in [2.05, 4.69) is 86.2 Å². The first-order valence-corrected chi connectivity index (χ1v) is 10.1. The third kappa shape index (κ3) is 3.64.